The molecule has 0 aliphatic rings. The van der Waals surface area contributed by atoms with Gasteiger partial charge in [0.2, 0.25) is 0 Å². The number of carboxylic acids is 1. The number of rotatable bonds is 6. The highest BCUT2D eigenvalue weighted by Crippen LogP contribution is 1.89. The predicted octanol–water partition coefficient (Wildman–Crippen LogP) is -0.266. The second-order valence-electron chi connectivity index (χ2n) is 2.52. The van der Waals surface area contributed by atoms with Crippen LogP contribution in [0.15, 0.2) is 12.7 Å². The lowest BCUT2D eigenvalue weighted by Gasteiger charge is -2.09. The molecule has 6 nitrogen and oxygen atoms in total. The van der Waals surface area contributed by atoms with E-state index in [4.69, 9.17) is 10.2 Å². The number of carboxylic acid groups (broad SMARTS) is 1. The summed E-state index contributed by atoms with van der Waals surface area (Å²) in [6.45, 7) is 3.25. The molecule has 0 aliphatic carbocycles. The van der Waals surface area contributed by atoms with Crippen molar-refractivity contribution >= 4 is 12.1 Å². The molecular formula is C8H13NO5. The topological polar surface area (TPSA) is 95.9 Å². The molecule has 0 radical (unpaired) electrons. The molecule has 0 bridgehead atoms. The van der Waals surface area contributed by atoms with E-state index in [2.05, 4.69) is 16.6 Å². The molecule has 0 rings (SSSR count). The molecule has 14 heavy (non-hydrogen) atoms. The Morgan fingerprint density at radius 1 is 1.57 bits per heavy atom. The summed E-state index contributed by atoms with van der Waals surface area (Å²) in [5.41, 5.74) is 0. The van der Waals surface area contributed by atoms with Crippen LogP contribution >= 0.6 is 0 Å². The lowest BCUT2D eigenvalue weighted by Crippen LogP contribution is -2.33. The Labute approximate surface area is 81.2 Å². The first-order chi connectivity index (χ1) is 6.56. The third kappa shape index (κ3) is 7.11. The molecule has 0 fully saturated rings. The highest BCUT2D eigenvalue weighted by Gasteiger charge is 2.10. The van der Waals surface area contributed by atoms with Crippen LogP contribution in [0.1, 0.15) is 6.42 Å². The standard InChI is InChI=1S/C8H13NO5/c1-2-3-14-8(13)9-5-6(10)4-7(11)12/h2,6,10H,1,3-5H2,(H,9,13)(H,11,12). The van der Waals surface area contributed by atoms with Crippen LogP contribution in [0, 0.1) is 0 Å². The number of carbonyl (C=O) groups is 2. The molecular weight excluding hydrogens is 190 g/mol. The lowest BCUT2D eigenvalue weighted by molar-refractivity contribution is -0.139. The van der Waals surface area contributed by atoms with Crippen LogP contribution in [0.5, 0.6) is 0 Å². The highest BCUT2D eigenvalue weighted by atomic mass is 16.5. The quantitative estimate of drug-likeness (QED) is 0.516. The van der Waals surface area contributed by atoms with Crippen molar-refractivity contribution in [2.45, 2.75) is 12.5 Å². The molecule has 1 atom stereocenters. The number of aliphatic hydroxyl groups excluding tert-OH is 1. The average molecular weight is 203 g/mol. The normalized spacial score (nSPS) is 11.5. The van der Waals surface area contributed by atoms with Gasteiger partial charge in [0.25, 0.3) is 0 Å². The molecule has 0 heterocycles. The Balaban J connectivity index is 3.55. The molecule has 80 valence electrons. The van der Waals surface area contributed by atoms with Crippen molar-refractivity contribution in [1.29, 1.82) is 0 Å². The molecule has 1 amide bonds. The number of ether oxygens (including phenoxy) is 1. The van der Waals surface area contributed by atoms with Gasteiger partial charge in [-0.15, -0.1) is 0 Å². The van der Waals surface area contributed by atoms with Gasteiger partial charge in [-0.2, -0.15) is 0 Å². The second kappa shape index (κ2) is 6.90. The summed E-state index contributed by atoms with van der Waals surface area (Å²) in [7, 11) is 0. The Morgan fingerprint density at radius 2 is 2.21 bits per heavy atom. The number of aliphatic hydroxyl groups is 1. The van der Waals surface area contributed by atoms with Crippen molar-refractivity contribution in [1.82, 2.24) is 5.32 Å². The molecule has 6 heteroatoms. The Morgan fingerprint density at radius 3 is 2.71 bits per heavy atom. The van der Waals surface area contributed by atoms with E-state index in [1.165, 1.54) is 6.08 Å². The molecule has 3 N–H and O–H groups in total. The van der Waals surface area contributed by atoms with Crippen LogP contribution in [0.25, 0.3) is 0 Å². The Hall–Kier alpha value is -1.56. The van der Waals surface area contributed by atoms with Crippen molar-refractivity contribution in [2.75, 3.05) is 13.2 Å². The summed E-state index contributed by atoms with van der Waals surface area (Å²) < 4.78 is 4.52. The van der Waals surface area contributed by atoms with Gasteiger partial charge in [-0.25, -0.2) is 4.79 Å². The van der Waals surface area contributed by atoms with E-state index in [1.54, 1.807) is 0 Å². The fraction of sp³-hybridized carbons (Fsp3) is 0.500. The van der Waals surface area contributed by atoms with Gasteiger partial charge in [-0.1, -0.05) is 12.7 Å². The third-order valence-electron chi connectivity index (χ3n) is 1.22. The summed E-state index contributed by atoms with van der Waals surface area (Å²) in [4.78, 5) is 20.9. The van der Waals surface area contributed by atoms with Crippen molar-refractivity contribution in [3.8, 4) is 0 Å². The van der Waals surface area contributed by atoms with E-state index in [9.17, 15) is 9.59 Å². The van der Waals surface area contributed by atoms with Crippen LogP contribution < -0.4 is 5.32 Å². The van der Waals surface area contributed by atoms with E-state index in [0.717, 1.165) is 0 Å². The minimum atomic E-state index is -1.13. The minimum Gasteiger partial charge on any atom is -0.481 e. The van der Waals surface area contributed by atoms with Crippen molar-refractivity contribution in [3.63, 3.8) is 0 Å². The lowest BCUT2D eigenvalue weighted by atomic mass is 10.2. The summed E-state index contributed by atoms with van der Waals surface area (Å²) in [5.74, 6) is -1.13. The van der Waals surface area contributed by atoms with Crippen LogP contribution in [0.2, 0.25) is 0 Å². The van der Waals surface area contributed by atoms with Crippen molar-refractivity contribution < 1.29 is 24.5 Å². The van der Waals surface area contributed by atoms with Gasteiger partial charge in [0, 0.05) is 6.54 Å². The molecule has 0 spiro atoms. The highest BCUT2D eigenvalue weighted by molar-refractivity contribution is 5.68. The Kier molecular flexibility index (Phi) is 6.13. The number of carbonyl (C=O) groups excluding carboxylic acids is 1. The zero-order valence-electron chi connectivity index (χ0n) is 7.60. The number of aliphatic carboxylic acids is 1. The Bertz CT molecular complexity index is 216. The first-order valence-corrected chi connectivity index (χ1v) is 3.97. The molecule has 0 aromatic rings. The number of hydrogen-bond acceptors (Lipinski definition) is 4. The zero-order chi connectivity index (χ0) is 11.0. The summed E-state index contributed by atoms with van der Waals surface area (Å²) >= 11 is 0. The summed E-state index contributed by atoms with van der Waals surface area (Å²) in [6, 6.07) is 0. The van der Waals surface area contributed by atoms with Crippen molar-refractivity contribution in [3.05, 3.63) is 12.7 Å². The maximum atomic E-state index is 10.8. The fourth-order valence-electron chi connectivity index (χ4n) is 0.661. The summed E-state index contributed by atoms with van der Waals surface area (Å²) in [6.07, 6.45) is -0.840. The molecule has 0 saturated carbocycles. The zero-order valence-corrected chi connectivity index (χ0v) is 7.60. The minimum absolute atomic E-state index is 0.0703. The van der Waals surface area contributed by atoms with Gasteiger partial charge in [-0.05, 0) is 0 Å². The van der Waals surface area contributed by atoms with Crippen molar-refractivity contribution in [2.24, 2.45) is 0 Å². The molecule has 0 aliphatic heterocycles. The predicted molar refractivity (Wildman–Crippen MR) is 47.8 cm³/mol. The van der Waals surface area contributed by atoms with Gasteiger partial charge in [-0.3, -0.25) is 4.79 Å². The summed E-state index contributed by atoms with van der Waals surface area (Å²) in [5, 5.41) is 19.5. The van der Waals surface area contributed by atoms with Gasteiger partial charge in [0.1, 0.15) is 6.61 Å². The number of alkyl carbamates (subject to hydrolysis) is 1. The number of nitrogens with one attached hydrogen (secondary N) is 1. The van der Waals surface area contributed by atoms with E-state index < -0.39 is 24.6 Å². The van der Waals surface area contributed by atoms with Gasteiger partial charge in [0.05, 0.1) is 12.5 Å². The van der Waals surface area contributed by atoms with Gasteiger partial charge >= 0.3 is 12.1 Å². The fourth-order valence-corrected chi connectivity index (χ4v) is 0.661. The monoisotopic (exact) mass is 203 g/mol. The van der Waals surface area contributed by atoms with E-state index >= 15 is 0 Å². The molecule has 0 aromatic carbocycles. The molecule has 0 saturated heterocycles. The smallest absolute Gasteiger partial charge is 0.407 e. The largest absolute Gasteiger partial charge is 0.481 e. The maximum Gasteiger partial charge on any atom is 0.407 e. The SMILES string of the molecule is C=CCOC(=O)NCC(O)CC(=O)O. The van der Waals surface area contributed by atoms with Gasteiger partial charge in [0.15, 0.2) is 0 Å². The van der Waals surface area contributed by atoms with E-state index in [0.29, 0.717) is 0 Å². The first-order valence-electron chi connectivity index (χ1n) is 3.97. The average Bonchev–Trinajstić information content (AvgIpc) is 2.10. The third-order valence-corrected chi connectivity index (χ3v) is 1.22. The maximum absolute atomic E-state index is 10.8. The first kappa shape index (κ1) is 12.4. The van der Waals surface area contributed by atoms with Crippen LogP contribution in [0.3, 0.4) is 0 Å². The van der Waals surface area contributed by atoms with Crippen LogP contribution in [0.4, 0.5) is 4.79 Å². The molecule has 0 aromatic heterocycles. The molecule has 1 unspecified atom stereocenters. The number of hydrogen-bond donors (Lipinski definition) is 3. The second-order valence-corrected chi connectivity index (χ2v) is 2.52. The van der Waals surface area contributed by atoms with Gasteiger partial charge < -0.3 is 20.3 Å². The van der Waals surface area contributed by atoms with Crippen LogP contribution in [-0.4, -0.2) is 41.5 Å². The van der Waals surface area contributed by atoms with E-state index in [1.807, 2.05) is 0 Å². The number of amides is 1. The van der Waals surface area contributed by atoms with E-state index in [-0.39, 0.29) is 13.2 Å². The van der Waals surface area contributed by atoms with Crippen LogP contribution in [-0.2, 0) is 9.53 Å².